The van der Waals surface area contributed by atoms with E-state index in [0.29, 0.717) is 42.8 Å². The molecular formula is C20H36IN5O4S. The largest absolute Gasteiger partial charge is 0.462 e. The van der Waals surface area contributed by atoms with E-state index in [-0.39, 0.29) is 42.1 Å². The lowest BCUT2D eigenvalue weighted by molar-refractivity contribution is 0.0263. The summed E-state index contributed by atoms with van der Waals surface area (Å²) < 4.78 is 10.5. The third-order valence-corrected chi connectivity index (χ3v) is 5.25. The highest BCUT2D eigenvalue weighted by atomic mass is 127. The third kappa shape index (κ3) is 10.0. The molecule has 0 aromatic carbocycles. The number of carbonyl (C=O) groups excluding carboxylic acids is 2. The van der Waals surface area contributed by atoms with Gasteiger partial charge in [0.25, 0.3) is 0 Å². The summed E-state index contributed by atoms with van der Waals surface area (Å²) in [5, 5.41) is 7.21. The molecule has 178 valence electrons. The number of aryl methyl sites for hydroxylation is 1. The fourth-order valence-electron chi connectivity index (χ4n) is 2.46. The summed E-state index contributed by atoms with van der Waals surface area (Å²) >= 11 is 1.31. The number of hydrogen-bond donors (Lipinski definition) is 2. The second kappa shape index (κ2) is 13.7. The van der Waals surface area contributed by atoms with Crippen LogP contribution in [-0.2, 0) is 9.47 Å². The Morgan fingerprint density at radius 1 is 1.29 bits per heavy atom. The average molecular weight is 570 g/mol. The number of likely N-dealkylation sites (N-methyl/N-ethyl adjacent to an activating group) is 1. The molecular weight excluding hydrogens is 533 g/mol. The van der Waals surface area contributed by atoms with Crippen LogP contribution in [0.4, 0.5) is 4.79 Å². The highest BCUT2D eigenvalue weighted by Crippen LogP contribution is 2.24. The Labute approximate surface area is 206 Å². The number of amides is 1. The van der Waals surface area contributed by atoms with Gasteiger partial charge >= 0.3 is 12.1 Å². The van der Waals surface area contributed by atoms with Crippen LogP contribution >= 0.6 is 35.3 Å². The van der Waals surface area contributed by atoms with Gasteiger partial charge in [0.15, 0.2) is 5.96 Å². The van der Waals surface area contributed by atoms with Gasteiger partial charge in [-0.25, -0.2) is 14.6 Å². The lowest BCUT2D eigenvalue weighted by Crippen LogP contribution is -2.44. The van der Waals surface area contributed by atoms with Crippen molar-refractivity contribution in [2.24, 2.45) is 4.99 Å². The van der Waals surface area contributed by atoms with Crippen molar-refractivity contribution in [3.05, 3.63) is 15.6 Å². The zero-order chi connectivity index (χ0) is 22.9. The molecule has 0 bridgehead atoms. The van der Waals surface area contributed by atoms with E-state index in [1.807, 2.05) is 34.6 Å². The number of hydrogen-bond acceptors (Lipinski definition) is 7. The van der Waals surface area contributed by atoms with Crippen molar-refractivity contribution in [2.45, 2.75) is 60.1 Å². The maximum atomic E-state index is 12.2. The lowest BCUT2D eigenvalue weighted by Gasteiger charge is -2.27. The van der Waals surface area contributed by atoms with E-state index in [9.17, 15) is 9.59 Å². The van der Waals surface area contributed by atoms with Crippen LogP contribution in [0.5, 0.6) is 0 Å². The van der Waals surface area contributed by atoms with Gasteiger partial charge in [0.1, 0.15) is 15.5 Å². The van der Waals surface area contributed by atoms with Crippen LogP contribution in [0, 0.1) is 6.92 Å². The average Bonchev–Trinajstić information content (AvgIpc) is 3.04. The quantitative estimate of drug-likeness (QED) is 0.213. The number of aromatic nitrogens is 1. The van der Waals surface area contributed by atoms with Gasteiger partial charge in [-0.15, -0.1) is 35.3 Å². The van der Waals surface area contributed by atoms with Gasteiger partial charge in [-0.2, -0.15) is 0 Å². The zero-order valence-electron chi connectivity index (χ0n) is 19.7. The first-order chi connectivity index (χ1) is 14.0. The highest BCUT2D eigenvalue weighted by Gasteiger charge is 2.22. The van der Waals surface area contributed by atoms with Crippen LogP contribution < -0.4 is 10.6 Å². The molecule has 0 fully saturated rings. The number of nitrogens with zero attached hydrogens (tertiary/aromatic N) is 3. The van der Waals surface area contributed by atoms with Crippen molar-refractivity contribution < 1.29 is 19.1 Å². The van der Waals surface area contributed by atoms with E-state index in [4.69, 9.17) is 9.47 Å². The Morgan fingerprint density at radius 2 is 1.94 bits per heavy atom. The van der Waals surface area contributed by atoms with E-state index in [1.165, 1.54) is 11.3 Å². The van der Waals surface area contributed by atoms with Gasteiger partial charge in [-0.05, 0) is 48.5 Å². The molecule has 1 rings (SSSR count). The van der Waals surface area contributed by atoms with Crippen LogP contribution in [-0.4, -0.2) is 66.8 Å². The molecule has 11 heteroatoms. The molecule has 9 nitrogen and oxygen atoms in total. The number of rotatable bonds is 8. The molecule has 31 heavy (non-hydrogen) atoms. The van der Waals surface area contributed by atoms with Crippen LogP contribution in [0.15, 0.2) is 4.99 Å². The summed E-state index contributed by atoms with van der Waals surface area (Å²) in [4.78, 5) is 35.1. The molecule has 0 spiro atoms. The molecule has 1 atom stereocenters. The molecule has 0 saturated carbocycles. The Bertz CT molecular complexity index is 748. The fraction of sp³-hybridized carbons (Fsp3) is 0.700. The number of ether oxygens (including phenoxy) is 2. The predicted octanol–water partition coefficient (Wildman–Crippen LogP) is 3.73. The number of thiazole rings is 1. The second-order valence-corrected chi connectivity index (χ2v) is 8.64. The van der Waals surface area contributed by atoms with Crippen LogP contribution in [0.1, 0.15) is 68.0 Å². The summed E-state index contributed by atoms with van der Waals surface area (Å²) in [7, 11) is 1.67. The van der Waals surface area contributed by atoms with Crippen molar-refractivity contribution >= 4 is 53.3 Å². The maximum Gasteiger partial charge on any atom is 0.410 e. The van der Waals surface area contributed by atoms with Gasteiger partial charge in [-0.1, -0.05) is 0 Å². The summed E-state index contributed by atoms with van der Waals surface area (Å²) in [6, 6.07) is -0.156. The van der Waals surface area contributed by atoms with Gasteiger partial charge in [0.05, 0.1) is 18.3 Å². The topological polar surface area (TPSA) is 105 Å². The minimum Gasteiger partial charge on any atom is -0.462 e. The van der Waals surface area contributed by atoms with Crippen molar-refractivity contribution in [2.75, 3.05) is 33.3 Å². The molecule has 1 heterocycles. The first-order valence-corrected chi connectivity index (χ1v) is 10.9. The van der Waals surface area contributed by atoms with Crippen molar-refractivity contribution in [3.63, 3.8) is 0 Å². The summed E-state index contributed by atoms with van der Waals surface area (Å²) in [5.41, 5.74) is 0.125. The van der Waals surface area contributed by atoms with E-state index in [0.717, 1.165) is 5.01 Å². The zero-order valence-corrected chi connectivity index (χ0v) is 22.8. The summed E-state index contributed by atoms with van der Waals surface area (Å²) in [6.07, 6.45) is -0.340. The van der Waals surface area contributed by atoms with Crippen LogP contribution in [0.2, 0.25) is 0 Å². The van der Waals surface area contributed by atoms with Gasteiger partial charge in [0.2, 0.25) is 0 Å². The number of nitrogens with one attached hydrogen (secondary N) is 2. The maximum absolute atomic E-state index is 12.2. The number of carbonyl (C=O) groups is 2. The third-order valence-electron chi connectivity index (χ3n) is 3.93. The van der Waals surface area contributed by atoms with Crippen molar-refractivity contribution in [3.8, 4) is 0 Å². The van der Waals surface area contributed by atoms with Crippen molar-refractivity contribution in [1.82, 2.24) is 20.5 Å². The molecule has 0 aliphatic heterocycles. The molecule has 0 radical (unpaired) electrons. The molecule has 1 aromatic heterocycles. The lowest BCUT2D eigenvalue weighted by atomic mass is 10.2. The Balaban J connectivity index is 0.00000900. The minimum atomic E-state index is -0.529. The standard InChI is InChI=1S/C20H35N5O4S.HI/c1-9-25(19(27)29-20(5,6)7)12-11-22-18(21-8)24-14(4)16-23-13(3)15(30-16)17(26)28-10-2;/h14H,9-12H2,1-8H3,(H2,21,22,24);1H. The molecule has 1 aromatic rings. The van der Waals surface area contributed by atoms with Crippen molar-refractivity contribution in [1.29, 1.82) is 0 Å². The van der Waals surface area contributed by atoms with E-state index in [2.05, 4.69) is 20.6 Å². The Kier molecular flexibility index (Phi) is 13.0. The minimum absolute atomic E-state index is 0. The smallest absolute Gasteiger partial charge is 0.410 e. The number of aliphatic imine (C=N–C) groups is 1. The van der Waals surface area contributed by atoms with E-state index >= 15 is 0 Å². The molecule has 0 aliphatic rings. The monoisotopic (exact) mass is 569 g/mol. The van der Waals surface area contributed by atoms with Gasteiger partial charge < -0.3 is 25.0 Å². The number of esters is 1. The number of guanidine groups is 1. The Morgan fingerprint density at radius 3 is 2.45 bits per heavy atom. The first-order valence-electron chi connectivity index (χ1n) is 10.1. The van der Waals surface area contributed by atoms with Gasteiger partial charge in [0, 0.05) is 26.7 Å². The Hall–Kier alpha value is -1.63. The molecule has 1 unspecified atom stereocenters. The fourth-order valence-corrected chi connectivity index (χ4v) is 3.43. The van der Waals surface area contributed by atoms with Gasteiger partial charge in [-0.3, -0.25) is 4.99 Å². The van der Waals surface area contributed by atoms with Crippen LogP contribution in [0.3, 0.4) is 0 Å². The second-order valence-electron chi connectivity index (χ2n) is 7.61. The van der Waals surface area contributed by atoms with Crippen LogP contribution in [0.25, 0.3) is 0 Å². The summed E-state index contributed by atoms with van der Waals surface area (Å²) in [5.74, 6) is 0.225. The van der Waals surface area contributed by atoms with E-state index < -0.39 is 5.60 Å². The molecule has 0 saturated heterocycles. The SMILES string of the molecule is CCOC(=O)c1sc(C(C)NC(=NC)NCCN(CC)C(=O)OC(C)(C)C)nc1C.I. The first kappa shape index (κ1) is 29.4. The highest BCUT2D eigenvalue weighted by molar-refractivity contribution is 14.0. The summed E-state index contributed by atoms with van der Waals surface area (Å²) in [6.45, 7) is 14.8. The molecule has 1 amide bonds. The normalized spacial score (nSPS) is 12.5. The number of halogens is 1. The molecule has 2 N–H and O–H groups in total. The van der Waals surface area contributed by atoms with E-state index in [1.54, 1.807) is 25.8 Å². The molecule has 0 aliphatic carbocycles. The predicted molar refractivity (Wildman–Crippen MR) is 135 cm³/mol.